The molecule has 0 spiro atoms. The third-order valence-electron chi connectivity index (χ3n) is 2.68. The summed E-state index contributed by atoms with van der Waals surface area (Å²) in [5, 5.41) is 17.2. The molecule has 0 saturated heterocycles. The van der Waals surface area contributed by atoms with Crippen molar-refractivity contribution >= 4 is 21.6 Å². The van der Waals surface area contributed by atoms with Crippen LogP contribution in [0.3, 0.4) is 0 Å². The van der Waals surface area contributed by atoms with Gasteiger partial charge in [0, 0.05) is 29.1 Å². The number of aliphatic hydroxyl groups excluding tert-OH is 1. The highest BCUT2D eigenvalue weighted by molar-refractivity contribution is 9.10. The van der Waals surface area contributed by atoms with E-state index in [1.807, 2.05) is 37.4 Å². The van der Waals surface area contributed by atoms with Crippen LogP contribution < -0.4 is 5.32 Å². The standard InChI is InChI=1S/C13H16BrN3O/c1-10-4-2-5-12(13(10)14)15-8-11(18)9-17-7-3-6-16-17/h2-7,11,15,18H,8-9H2,1H3. The molecule has 1 aromatic heterocycles. The fourth-order valence-electron chi connectivity index (χ4n) is 1.70. The lowest BCUT2D eigenvalue weighted by Crippen LogP contribution is -2.25. The number of hydrogen-bond acceptors (Lipinski definition) is 3. The van der Waals surface area contributed by atoms with Crippen molar-refractivity contribution in [3.8, 4) is 0 Å². The predicted octanol–water partition coefficient (Wildman–Crippen LogP) is 2.43. The molecule has 96 valence electrons. The Hall–Kier alpha value is -1.33. The van der Waals surface area contributed by atoms with Crippen LogP contribution in [0.25, 0.3) is 0 Å². The molecule has 1 atom stereocenters. The monoisotopic (exact) mass is 309 g/mol. The number of aromatic nitrogens is 2. The number of hydrogen-bond donors (Lipinski definition) is 2. The van der Waals surface area contributed by atoms with E-state index < -0.39 is 6.10 Å². The van der Waals surface area contributed by atoms with E-state index in [-0.39, 0.29) is 0 Å². The molecule has 5 heteroatoms. The molecule has 0 amide bonds. The van der Waals surface area contributed by atoms with Gasteiger partial charge in [-0.1, -0.05) is 12.1 Å². The number of nitrogens with zero attached hydrogens (tertiary/aromatic N) is 2. The van der Waals surface area contributed by atoms with Gasteiger partial charge in [0.05, 0.1) is 12.6 Å². The second-order valence-corrected chi connectivity index (χ2v) is 4.99. The SMILES string of the molecule is Cc1cccc(NCC(O)Cn2cccn2)c1Br. The lowest BCUT2D eigenvalue weighted by Gasteiger charge is -2.14. The van der Waals surface area contributed by atoms with Gasteiger partial charge < -0.3 is 10.4 Å². The van der Waals surface area contributed by atoms with E-state index in [1.54, 1.807) is 10.9 Å². The number of aryl methyl sites for hydroxylation is 1. The molecule has 0 fully saturated rings. The molecule has 0 bridgehead atoms. The molecule has 2 N–H and O–H groups in total. The zero-order valence-corrected chi connectivity index (χ0v) is 11.8. The van der Waals surface area contributed by atoms with Gasteiger partial charge in [0.15, 0.2) is 0 Å². The lowest BCUT2D eigenvalue weighted by atomic mass is 10.2. The minimum Gasteiger partial charge on any atom is -0.389 e. The van der Waals surface area contributed by atoms with Crippen LogP contribution >= 0.6 is 15.9 Å². The van der Waals surface area contributed by atoms with Crippen LogP contribution in [0.2, 0.25) is 0 Å². The summed E-state index contributed by atoms with van der Waals surface area (Å²) in [6, 6.07) is 7.85. The van der Waals surface area contributed by atoms with Crippen molar-refractivity contribution in [2.24, 2.45) is 0 Å². The second-order valence-electron chi connectivity index (χ2n) is 4.20. The summed E-state index contributed by atoms with van der Waals surface area (Å²) < 4.78 is 2.76. The minimum absolute atomic E-state index is 0.475. The number of rotatable bonds is 5. The fraction of sp³-hybridized carbons (Fsp3) is 0.308. The molecule has 0 aliphatic rings. The highest BCUT2D eigenvalue weighted by Gasteiger charge is 2.07. The van der Waals surface area contributed by atoms with Crippen LogP contribution in [-0.4, -0.2) is 27.5 Å². The topological polar surface area (TPSA) is 50.1 Å². The molecule has 1 unspecified atom stereocenters. The smallest absolute Gasteiger partial charge is 0.0907 e. The molecule has 0 aliphatic heterocycles. The van der Waals surface area contributed by atoms with Crippen LogP contribution in [0.15, 0.2) is 41.1 Å². The Morgan fingerprint density at radius 2 is 2.28 bits per heavy atom. The van der Waals surface area contributed by atoms with E-state index in [1.165, 1.54) is 5.56 Å². The van der Waals surface area contributed by atoms with Crippen molar-refractivity contribution in [3.05, 3.63) is 46.7 Å². The summed E-state index contributed by atoms with van der Waals surface area (Å²) in [6.07, 6.45) is 3.07. The van der Waals surface area contributed by atoms with Crippen molar-refractivity contribution in [2.75, 3.05) is 11.9 Å². The Bertz CT molecular complexity index is 499. The Morgan fingerprint density at radius 3 is 3.00 bits per heavy atom. The summed E-state index contributed by atoms with van der Waals surface area (Å²) in [4.78, 5) is 0. The third kappa shape index (κ3) is 3.34. The number of benzene rings is 1. The van der Waals surface area contributed by atoms with Crippen LogP contribution in [0, 0.1) is 6.92 Å². The molecule has 0 saturated carbocycles. The van der Waals surface area contributed by atoms with Crippen molar-refractivity contribution in [1.29, 1.82) is 0 Å². The van der Waals surface area contributed by atoms with Gasteiger partial charge in [-0.3, -0.25) is 4.68 Å². The average Bonchev–Trinajstić information content (AvgIpc) is 2.84. The van der Waals surface area contributed by atoms with Crippen LogP contribution in [0.5, 0.6) is 0 Å². The third-order valence-corrected chi connectivity index (χ3v) is 3.73. The summed E-state index contributed by atoms with van der Waals surface area (Å²) in [5.74, 6) is 0. The quantitative estimate of drug-likeness (QED) is 0.892. The van der Waals surface area contributed by atoms with Crippen molar-refractivity contribution in [1.82, 2.24) is 9.78 Å². The second kappa shape index (κ2) is 6.02. The van der Waals surface area contributed by atoms with E-state index in [0.29, 0.717) is 13.1 Å². The van der Waals surface area contributed by atoms with E-state index >= 15 is 0 Å². The zero-order valence-electron chi connectivity index (χ0n) is 10.2. The van der Waals surface area contributed by atoms with E-state index in [2.05, 4.69) is 26.3 Å². The average molecular weight is 310 g/mol. The summed E-state index contributed by atoms with van der Waals surface area (Å²) in [6.45, 7) is 3.01. The van der Waals surface area contributed by atoms with Crippen molar-refractivity contribution in [2.45, 2.75) is 19.6 Å². The molecule has 4 nitrogen and oxygen atoms in total. The van der Waals surface area contributed by atoms with Gasteiger partial charge in [-0.15, -0.1) is 0 Å². The van der Waals surface area contributed by atoms with E-state index in [9.17, 15) is 5.11 Å². The van der Waals surface area contributed by atoms with Gasteiger partial charge in [0.25, 0.3) is 0 Å². The lowest BCUT2D eigenvalue weighted by molar-refractivity contribution is 0.161. The first-order valence-electron chi connectivity index (χ1n) is 5.81. The van der Waals surface area contributed by atoms with Crippen molar-refractivity contribution < 1.29 is 5.11 Å². The number of aliphatic hydroxyl groups is 1. The molecule has 1 heterocycles. The summed E-state index contributed by atoms with van der Waals surface area (Å²) in [5.41, 5.74) is 2.16. The Kier molecular flexibility index (Phi) is 4.38. The van der Waals surface area contributed by atoms with Crippen LogP contribution in [-0.2, 0) is 6.54 Å². The predicted molar refractivity (Wildman–Crippen MR) is 75.6 cm³/mol. The molecule has 0 aliphatic carbocycles. The molecular weight excluding hydrogens is 294 g/mol. The van der Waals surface area contributed by atoms with Gasteiger partial charge in [-0.2, -0.15) is 5.10 Å². The normalized spacial score (nSPS) is 12.4. The first kappa shape index (κ1) is 13.1. The highest BCUT2D eigenvalue weighted by atomic mass is 79.9. The number of nitrogens with one attached hydrogen (secondary N) is 1. The largest absolute Gasteiger partial charge is 0.389 e. The maximum absolute atomic E-state index is 9.90. The molecule has 2 aromatic rings. The molecule has 18 heavy (non-hydrogen) atoms. The maximum atomic E-state index is 9.90. The Balaban J connectivity index is 1.89. The van der Waals surface area contributed by atoms with Crippen molar-refractivity contribution in [3.63, 3.8) is 0 Å². The molecule has 0 radical (unpaired) electrons. The molecule has 1 aromatic carbocycles. The Labute approximate surface area is 115 Å². The first-order valence-corrected chi connectivity index (χ1v) is 6.60. The van der Waals surface area contributed by atoms with E-state index in [4.69, 9.17) is 0 Å². The number of anilines is 1. The first-order chi connectivity index (χ1) is 8.66. The van der Waals surface area contributed by atoms with Gasteiger partial charge >= 0.3 is 0 Å². The molecular formula is C13H16BrN3O. The van der Waals surface area contributed by atoms with Gasteiger partial charge in [0.2, 0.25) is 0 Å². The van der Waals surface area contributed by atoms with Crippen LogP contribution in [0.4, 0.5) is 5.69 Å². The maximum Gasteiger partial charge on any atom is 0.0907 e. The summed E-state index contributed by atoms with van der Waals surface area (Å²) >= 11 is 3.53. The van der Waals surface area contributed by atoms with Gasteiger partial charge in [-0.25, -0.2) is 0 Å². The highest BCUT2D eigenvalue weighted by Crippen LogP contribution is 2.25. The van der Waals surface area contributed by atoms with Gasteiger partial charge in [-0.05, 0) is 40.5 Å². The summed E-state index contributed by atoms with van der Waals surface area (Å²) in [7, 11) is 0. The zero-order chi connectivity index (χ0) is 13.0. The number of halogens is 1. The van der Waals surface area contributed by atoms with Crippen LogP contribution in [0.1, 0.15) is 5.56 Å². The molecule has 2 rings (SSSR count). The minimum atomic E-state index is -0.475. The fourth-order valence-corrected chi connectivity index (χ4v) is 2.11. The Morgan fingerprint density at radius 1 is 1.44 bits per heavy atom. The van der Waals surface area contributed by atoms with E-state index in [0.717, 1.165) is 10.2 Å². The van der Waals surface area contributed by atoms with Gasteiger partial charge in [0.1, 0.15) is 0 Å².